The van der Waals surface area contributed by atoms with E-state index in [2.05, 4.69) is 5.32 Å². The Morgan fingerprint density at radius 1 is 1.26 bits per heavy atom. The second-order valence-electron chi connectivity index (χ2n) is 5.08. The number of carbonyl (C=O) groups is 1. The van der Waals surface area contributed by atoms with E-state index >= 15 is 0 Å². The van der Waals surface area contributed by atoms with Gasteiger partial charge in [-0.2, -0.15) is 0 Å². The largest absolute Gasteiger partial charge is 0.451 e. The van der Waals surface area contributed by atoms with Crippen LogP contribution in [0.25, 0.3) is 11.0 Å². The minimum Gasteiger partial charge on any atom is -0.451 e. The molecular formula is C15H17NO3. The van der Waals surface area contributed by atoms with Crippen molar-refractivity contribution in [1.82, 2.24) is 5.32 Å². The van der Waals surface area contributed by atoms with Crippen LogP contribution in [0.5, 0.6) is 0 Å². The lowest BCUT2D eigenvalue weighted by molar-refractivity contribution is 0.0699. The average Bonchev–Trinajstić information content (AvgIpc) is 2.85. The van der Waals surface area contributed by atoms with Gasteiger partial charge in [0.25, 0.3) is 5.91 Å². The molecule has 4 heteroatoms. The first-order valence-corrected chi connectivity index (χ1v) is 6.71. The number of rotatable bonds is 2. The van der Waals surface area contributed by atoms with Gasteiger partial charge in [0.1, 0.15) is 5.58 Å². The topological polar surface area (TPSA) is 62.5 Å². The lowest BCUT2D eigenvalue weighted by Gasteiger charge is -2.27. The molecule has 1 fully saturated rings. The summed E-state index contributed by atoms with van der Waals surface area (Å²) < 4.78 is 5.51. The normalized spacial score (nSPS) is 23.4. The van der Waals surface area contributed by atoms with E-state index in [9.17, 15) is 9.90 Å². The van der Waals surface area contributed by atoms with Crippen LogP contribution in [0.15, 0.2) is 34.7 Å². The van der Waals surface area contributed by atoms with Gasteiger partial charge in [0, 0.05) is 5.39 Å². The summed E-state index contributed by atoms with van der Waals surface area (Å²) in [7, 11) is 0. The summed E-state index contributed by atoms with van der Waals surface area (Å²) in [6.07, 6.45) is 3.21. The maximum Gasteiger partial charge on any atom is 0.287 e. The fourth-order valence-corrected chi connectivity index (χ4v) is 2.61. The van der Waals surface area contributed by atoms with Gasteiger partial charge in [0.05, 0.1) is 12.1 Å². The first-order chi connectivity index (χ1) is 9.24. The molecule has 19 heavy (non-hydrogen) atoms. The third-order valence-corrected chi connectivity index (χ3v) is 3.70. The van der Waals surface area contributed by atoms with E-state index in [1.54, 1.807) is 6.07 Å². The zero-order valence-electron chi connectivity index (χ0n) is 10.6. The molecule has 0 spiro atoms. The van der Waals surface area contributed by atoms with Gasteiger partial charge in [-0.3, -0.25) is 4.79 Å². The number of furan rings is 1. The summed E-state index contributed by atoms with van der Waals surface area (Å²) >= 11 is 0. The van der Waals surface area contributed by atoms with E-state index in [-0.39, 0.29) is 11.9 Å². The summed E-state index contributed by atoms with van der Waals surface area (Å²) in [5, 5.41) is 13.6. The van der Waals surface area contributed by atoms with Crippen LogP contribution in [-0.4, -0.2) is 23.2 Å². The van der Waals surface area contributed by atoms with Crippen molar-refractivity contribution in [2.24, 2.45) is 0 Å². The van der Waals surface area contributed by atoms with Crippen LogP contribution in [0.3, 0.4) is 0 Å². The Kier molecular flexibility index (Phi) is 3.25. The highest BCUT2D eigenvalue weighted by molar-refractivity contribution is 5.96. The molecule has 0 aliphatic heterocycles. The molecule has 1 amide bonds. The van der Waals surface area contributed by atoms with E-state index in [0.717, 1.165) is 31.1 Å². The van der Waals surface area contributed by atoms with Gasteiger partial charge in [-0.05, 0) is 25.0 Å². The van der Waals surface area contributed by atoms with Crippen LogP contribution >= 0.6 is 0 Å². The number of hydrogen-bond donors (Lipinski definition) is 2. The quantitative estimate of drug-likeness (QED) is 0.870. The van der Waals surface area contributed by atoms with E-state index in [4.69, 9.17) is 4.42 Å². The fraction of sp³-hybridized carbons (Fsp3) is 0.400. The number of carbonyl (C=O) groups excluding carboxylic acids is 1. The highest BCUT2D eigenvalue weighted by atomic mass is 16.3. The molecule has 1 aromatic heterocycles. The van der Waals surface area contributed by atoms with Gasteiger partial charge in [0.15, 0.2) is 5.76 Å². The van der Waals surface area contributed by atoms with E-state index in [1.807, 2.05) is 24.3 Å². The molecule has 1 saturated carbocycles. The van der Waals surface area contributed by atoms with Crippen molar-refractivity contribution in [1.29, 1.82) is 0 Å². The molecule has 2 aromatic rings. The third-order valence-electron chi connectivity index (χ3n) is 3.70. The highest BCUT2D eigenvalue weighted by Crippen LogP contribution is 2.21. The molecular weight excluding hydrogens is 242 g/mol. The van der Waals surface area contributed by atoms with Crippen LogP contribution in [-0.2, 0) is 0 Å². The molecule has 0 bridgehead atoms. The summed E-state index contributed by atoms with van der Waals surface area (Å²) in [4.78, 5) is 12.1. The molecule has 0 radical (unpaired) electrons. The molecule has 2 atom stereocenters. The zero-order chi connectivity index (χ0) is 13.2. The van der Waals surface area contributed by atoms with Crippen LogP contribution in [0, 0.1) is 0 Å². The summed E-state index contributed by atoms with van der Waals surface area (Å²) in [5.41, 5.74) is 0.705. The number of benzene rings is 1. The Morgan fingerprint density at radius 2 is 2.05 bits per heavy atom. The molecule has 0 saturated heterocycles. The number of fused-ring (bicyclic) bond motifs is 1. The first-order valence-electron chi connectivity index (χ1n) is 6.71. The van der Waals surface area contributed by atoms with E-state index in [1.165, 1.54) is 0 Å². The van der Waals surface area contributed by atoms with Crippen molar-refractivity contribution in [2.75, 3.05) is 0 Å². The van der Waals surface area contributed by atoms with Crippen molar-refractivity contribution in [3.8, 4) is 0 Å². The second-order valence-corrected chi connectivity index (χ2v) is 5.08. The SMILES string of the molecule is O=C(N[C@H]1CCCC[C@@H]1O)c1cc2ccccc2o1. The van der Waals surface area contributed by atoms with Gasteiger partial charge in [-0.1, -0.05) is 31.0 Å². The minimum atomic E-state index is -0.443. The van der Waals surface area contributed by atoms with Crippen molar-refractivity contribution in [2.45, 2.75) is 37.8 Å². The van der Waals surface area contributed by atoms with E-state index < -0.39 is 6.10 Å². The van der Waals surface area contributed by atoms with Crippen molar-refractivity contribution in [3.63, 3.8) is 0 Å². The van der Waals surface area contributed by atoms with Crippen LogP contribution in [0.1, 0.15) is 36.2 Å². The van der Waals surface area contributed by atoms with Crippen LogP contribution in [0.2, 0.25) is 0 Å². The fourth-order valence-electron chi connectivity index (χ4n) is 2.61. The van der Waals surface area contributed by atoms with E-state index in [0.29, 0.717) is 11.3 Å². The predicted molar refractivity (Wildman–Crippen MR) is 71.9 cm³/mol. The zero-order valence-corrected chi connectivity index (χ0v) is 10.6. The maximum atomic E-state index is 12.1. The first kappa shape index (κ1) is 12.2. The molecule has 0 unspecified atom stereocenters. The van der Waals surface area contributed by atoms with Gasteiger partial charge in [-0.15, -0.1) is 0 Å². The molecule has 1 aromatic carbocycles. The molecule has 1 heterocycles. The van der Waals surface area contributed by atoms with Gasteiger partial charge in [0.2, 0.25) is 0 Å². The second kappa shape index (κ2) is 5.05. The molecule has 1 aliphatic rings. The van der Waals surface area contributed by atoms with Gasteiger partial charge < -0.3 is 14.8 Å². The Balaban J connectivity index is 1.76. The van der Waals surface area contributed by atoms with Crippen molar-refractivity contribution in [3.05, 3.63) is 36.1 Å². The van der Waals surface area contributed by atoms with Crippen LogP contribution in [0.4, 0.5) is 0 Å². The molecule has 2 N–H and O–H groups in total. The lowest BCUT2D eigenvalue weighted by atomic mass is 9.92. The number of amides is 1. The summed E-state index contributed by atoms with van der Waals surface area (Å²) in [6, 6.07) is 9.10. The lowest BCUT2D eigenvalue weighted by Crippen LogP contribution is -2.44. The Labute approximate surface area is 111 Å². The molecule has 100 valence electrons. The number of para-hydroxylation sites is 1. The highest BCUT2D eigenvalue weighted by Gasteiger charge is 2.25. The standard InChI is InChI=1S/C15H17NO3/c17-12-7-3-2-6-11(12)16-15(18)14-9-10-5-1-4-8-13(10)19-14/h1,4-5,8-9,11-12,17H,2-3,6-7H2,(H,16,18)/t11-,12-/m0/s1. The van der Waals surface area contributed by atoms with Crippen molar-refractivity contribution >= 4 is 16.9 Å². The van der Waals surface area contributed by atoms with Gasteiger partial charge in [-0.25, -0.2) is 0 Å². The number of aliphatic hydroxyl groups excluding tert-OH is 1. The molecule has 1 aliphatic carbocycles. The third kappa shape index (κ3) is 2.49. The Bertz CT molecular complexity index is 557. The Hall–Kier alpha value is -1.81. The molecule has 3 rings (SSSR count). The maximum absolute atomic E-state index is 12.1. The number of aliphatic hydroxyl groups is 1. The average molecular weight is 259 g/mol. The predicted octanol–water partition coefficient (Wildman–Crippen LogP) is 2.47. The minimum absolute atomic E-state index is 0.158. The summed E-state index contributed by atoms with van der Waals surface area (Å²) in [5.74, 6) is 0.0566. The number of hydrogen-bond acceptors (Lipinski definition) is 3. The van der Waals surface area contributed by atoms with Crippen LogP contribution < -0.4 is 5.32 Å². The van der Waals surface area contributed by atoms with Crippen molar-refractivity contribution < 1.29 is 14.3 Å². The molecule has 4 nitrogen and oxygen atoms in total. The Morgan fingerprint density at radius 3 is 2.84 bits per heavy atom. The smallest absolute Gasteiger partial charge is 0.287 e. The monoisotopic (exact) mass is 259 g/mol. The van der Waals surface area contributed by atoms with Gasteiger partial charge >= 0.3 is 0 Å². The number of nitrogens with one attached hydrogen (secondary N) is 1. The summed E-state index contributed by atoms with van der Waals surface area (Å²) in [6.45, 7) is 0.